The van der Waals surface area contributed by atoms with Crippen molar-refractivity contribution in [3.05, 3.63) is 102 Å². The van der Waals surface area contributed by atoms with Gasteiger partial charge < -0.3 is 25.3 Å². The second kappa shape index (κ2) is 12.7. The number of carbonyl (C=O) groups is 3. The number of halogens is 1. The summed E-state index contributed by atoms with van der Waals surface area (Å²) < 4.78 is 13.5. The summed E-state index contributed by atoms with van der Waals surface area (Å²) in [6.07, 6.45) is 1.52. The Balaban J connectivity index is 1.28. The van der Waals surface area contributed by atoms with Crippen molar-refractivity contribution in [1.82, 2.24) is 9.80 Å². The molecule has 1 aliphatic heterocycles. The minimum atomic E-state index is -0.518. The Hall–Kier alpha value is -4.66. The quantitative estimate of drug-likeness (QED) is 0.413. The Labute approximate surface area is 227 Å². The average molecular weight is 530 g/mol. The van der Waals surface area contributed by atoms with Crippen molar-refractivity contribution in [3.8, 4) is 0 Å². The number of benzene rings is 3. The van der Waals surface area contributed by atoms with Gasteiger partial charge in [-0.3, -0.25) is 9.59 Å². The van der Waals surface area contributed by atoms with Crippen molar-refractivity contribution >= 4 is 34.9 Å². The number of nitrogens with zero attached hydrogens (tertiary/aromatic N) is 3. The molecule has 0 radical (unpaired) electrons. The topological polar surface area (TPSA) is 85.0 Å². The molecule has 0 saturated carbocycles. The van der Waals surface area contributed by atoms with E-state index in [2.05, 4.69) is 22.1 Å². The van der Waals surface area contributed by atoms with Gasteiger partial charge in [-0.25, -0.2) is 9.18 Å². The number of urea groups is 1. The fraction of sp³-hybridized carbons (Fsp3) is 0.233. The molecule has 8 nitrogen and oxygen atoms in total. The highest BCUT2D eigenvalue weighted by Crippen LogP contribution is 2.20. The summed E-state index contributed by atoms with van der Waals surface area (Å²) in [5.74, 6) is -1.34. The van der Waals surface area contributed by atoms with E-state index in [0.717, 1.165) is 23.0 Å². The monoisotopic (exact) mass is 529 g/mol. The van der Waals surface area contributed by atoms with Crippen LogP contribution in [0.5, 0.6) is 0 Å². The maximum Gasteiger partial charge on any atom is 0.321 e. The number of nitrogens with one attached hydrogen (secondary N) is 2. The van der Waals surface area contributed by atoms with Gasteiger partial charge in [-0.1, -0.05) is 24.3 Å². The molecule has 1 saturated heterocycles. The lowest BCUT2D eigenvalue weighted by atomic mass is 10.2. The van der Waals surface area contributed by atoms with Crippen LogP contribution in [-0.2, 0) is 4.79 Å². The molecule has 202 valence electrons. The molecule has 0 unspecified atom stereocenters. The third kappa shape index (κ3) is 7.44. The van der Waals surface area contributed by atoms with Crippen LogP contribution in [0.3, 0.4) is 0 Å². The van der Waals surface area contributed by atoms with E-state index < -0.39 is 11.7 Å². The summed E-state index contributed by atoms with van der Waals surface area (Å²) in [7, 11) is 0. The molecule has 1 aliphatic rings. The van der Waals surface area contributed by atoms with Crippen molar-refractivity contribution in [2.45, 2.75) is 6.92 Å². The molecule has 1 fully saturated rings. The molecular weight excluding hydrogens is 497 g/mol. The first-order chi connectivity index (χ1) is 18.8. The van der Waals surface area contributed by atoms with Gasteiger partial charge in [0.1, 0.15) is 12.4 Å². The lowest BCUT2D eigenvalue weighted by Gasteiger charge is -2.36. The van der Waals surface area contributed by atoms with E-state index in [1.807, 2.05) is 43.3 Å². The van der Waals surface area contributed by atoms with Gasteiger partial charge in [0.05, 0.1) is 0 Å². The summed E-state index contributed by atoms with van der Waals surface area (Å²) in [6, 6.07) is 20.4. The zero-order chi connectivity index (χ0) is 27.8. The number of rotatable bonds is 8. The predicted molar refractivity (Wildman–Crippen MR) is 152 cm³/mol. The van der Waals surface area contributed by atoms with Crippen molar-refractivity contribution < 1.29 is 18.8 Å². The van der Waals surface area contributed by atoms with Crippen LogP contribution in [0.15, 0.2) is 85.5 Å². The van der Waals surface area contributed by atoms with Crippen molar-refractivity contribution in [3.63, 3.8) is 0 Å². The Bertz CT molecular complexity index is 1340. The molecule has 39 heavy (non-hydrogen) atoms. The second-order valence-electron chi connectivity index (χ2n) is 9.35. The third-order valence-corrected chi connectivity index (χ3v) is 6.40. The molecule has 0 bridgehead atoms. The predicted octanol–water partition coefficient (Wildman–Crippen LogP) is 4.76. The molecule has 0 atom stereocenters. The number of amides is 4. The molecule has 3 aromatic carbocycles. The van der Waals surface area contributed by atoms with E-state index in [4.69, 9.17) is 0 Å². The van der Waals surface area contributed by atoms with Gasteiger partial charge in [0.2, 0.25) is 5.91 Å². The van der Waals surface area contributed by atoms with E-state index in [1.54, 1.807) is 17.0 Å². The fourth-order valence-electron chi connectivity index (χ4n) is 4.40. The molecule has 0 aliphatic carbocycles. The van der Waals surface area contributed by atoms with Crippen LogP contribution < -0.4 is 15.5 Å². The lowest BCUT2D eigenvalue weighted by molar-refractivity contribution is -0.116. The van der Waals surface area contributed by atoms with Crippen LogP contribution in [0.25, 0.3) is 0 Å². The highest BCUT2D eigenvalue weighted by Gasteiger charge is 2.22. The van der Waals surface area contributed by atoms with Gasteiger partial charge in [-0.05, 0) is 67.1 Å². The standard InChI is InChI=1S/C30H32FN5O3/c1-3-14-36(29(38)23-7-5-8-24(31)20-23)21-28(37)32-25-10-12-27(13-11-25)34-15-17-35(18-16-34)30(39)33-26-9-4-6-22(2)19-26/h3-13,19-20H,1,14-18,21H2,2H3,(H,32,37)(H,33,39). The maximum absolute atomic E-state index is 13.5. The van der Waals surface area contributed by atoms with E-state index in [9.17, 15) is 18.8 Å². The van der Waals surface area contributed by atoms with Gasteiger partial charge in [-0.2, -0.15) is 0 Å². The number of aryl methyl sites for hydroxylation is 1. The molecule has 0 spiro atoms. The summed E-state index contributed by atoms with van der Waals surface area (Å²) in [6.45, 7) is 8.14. The molecule has 0 aromatic heterocycles. The average Bonchev–Trinajstić information content (AvgIpc) is 2.93. The van der Waals surface area contributed by atoms with Gasteiger partial charge in [-0.15, -0.1) is 6.58 Å². The molecule has 3 aromatic rings. The van der Waals surface area contributed by atoms with Crippen LogP contribution >= 0.6 is 0 Å². The molecule has 1 heterocycles. The normalized spacial score (nSPS) is 13.0. The number of hydrogen-bond acceptors (Lipinski definition) is 4. The number of piperazine rings is 1. The minimum absolute atomic E-state index is 0.111. The highest BCUT2D eigenvalue weighted by molar-refractivity contribution is 5.99. The van der Waals surface area contributed by atoms with Gasteiger partial charge >= 0.3 is 6.03 Å². The van der Waals surface area contributed by atoms with Crippen LogP contribution in [0.2, 0.25) is 0 Å². The third-order valence-electron chi connectivity index (χ3n) is 6.40. The zero-order valence-electron chi connectivity index (χ0n) is 21.9. The van der Waals surface area contributed by atoms with Gasteiger partial charge in [0.25, 0.3) is 5.91 Å². The summed E-state index contributed by atoms with van der Waals surface area (Å²) in [4.78, 5) is 43.4. The number of hydrogen-bond donors (Lipinski definition) is 2. The van der Waals surface area contributed by atoms with Crippen LogP contribution in [0, 0.1) is 12.7 Å². The Morgan fingerprint density at radius 1 is 0.923 bits per heavy atom. The Morgan fingerprint density at radius 2 is 1.64 bits per heavy atom. The molecule has 4 rings (SSSR count). The first-order valence-electron chi connectivity index (χ1n) is 12.8. The van der Waals surface area contributed by atoms with Crippen molar-refractivity contribution in [2.75, 3.05) is 54.8 Å². The Morgan fingerprint density at radius 3 is 2.31 bits per heavy atom. The SMILES string of the molecule is C=CCN(CC(=O)Nc1ccc(N2CCN(C(=O)Nc3cccc(C)c3)CC2)cc1)C(=O)c1cccc(F)c1. The first kappa shape index (κ1) is 27.4. The van der Waals surface area contributed by atoms with E-state index in [1.165, 1.54) is 29.2 Å². The van der Waals surface area contributed by atoms with Crippen LogP contribution in [0.1, 0.15) is 15.9 Å². The van der Waals surface area contributed by atoms with Crippen molar-refractivity contribution in [2.24, 2.45) is 0 Å². The summed E-state index contributed by atoms with van der Waals surface area (Å²) >= 11 is 0. The van der Waals surface area contributed by atoms with E-state index >= 15 is 0 Å². The lowest BCUT2D eigenvalue weighted by Crippen LogP contribution is -2.50. The first-order valence-corrected chi connectivity index (χ1v) is 12.8. The summed E-state index contributed by atoms with van der Waals surface area (Å²) in [5.41, 5.74) is 3.62. The number of anilines is 3. The smallest absolute Gasteiger partial charge is 0.321 e. The minimum Gasteiger partial charge on any atom is -0.368 e. The van der Waals surface area contributed by atoms with Gasteiger partial charge in [0.15, 0.2) is 0 Å². The molecular formula is C30H32FN5O3. The molecule has 4 amide bonds. The van der Waals surface area contributed by atoms with Gasteiger partial charge in [0, 0.05) is 55.3 Å². The second-order valence-corrected chi connectivity index (χ2v) is 9.35. The highest BCUT2D eigenvalue weighted by atomic mass is 19.1. The zero-order valence-corrected chi connectivity index (χ0v) is 21.9. The Kier molecular flexibility index (Phi) is 8.94. The fourth-order valence-corrected chi connectivity index (χ4v) is 4.40. The number of carbonyl (C=O) groups excluding carboxylic acids is 3. The van der Waals surface area contributed by atoms with Crippen LogP contribution in [-0.4, -0.2) is 66.9 Å². The summed E-state index contributed by atoms with van der Waals surface area (Å²) in [5, 5.41) is 5.76. The largest absolute Gasteiger partial charge is 0.368 e. The maximum atomic E-state index is 13.5. The van der Waals surface area contributed by atoms with E-state index in [-0.39, 0.29) is 30.6 Å². The molecule has 9 heteroatoms. The van der Waals surface area contributed by atoms with Crippen LogP contribution in [0.4, 0.5) is 26.2 Å². The van der Waals surface area contributed by atoms with E-state index in [0.29, 0.717) is 31.9 Å². The van der Waals surface area contributed by atoms with Crippen molar-refractivity contribution in [1.29, 1.82) is 0 Å². The molecule has 2 N–H and O–H groups in total.